The fourth-order valence-corrected chi connectivity index (χ4v) is 3.68. The van der Waals surface area contributed by atoms with Crippen LogP contribution in [0.4, 0.5) is 0 Å². The van der Waals surface area contributed by atoms with E-state index in [1.54, 1.807) is 6.08 Å². The van der Waals surface area contributed by atoms with Crippen molar-refractivity contribution in [3.8, 4) is 17.3 Å². The van der Waals surface area contributed by atoms with E-state index in [9.17, 15) is 5.26 Å². The van der Waals surface area contributed by atoms with Gasteiger partial charge in [0.15, 0.2) is 0 Å². The van der Waals surface area contributed by atoms with Crippen LogP contribution in [0.1, 0.15) is 16.5 Å². The van der Waals surface area contributed by atoms with Crippen LogP contribution in [0.15, 0.2) is 54.0 Å². The molecule has 3 aromatic heterocycles. The molecule has 0 aliphatic rings. The molecule has 0 unspecified atom stereocenters. The van der Waals surface area contributed by atoms with Crippen molar-refractivity contribution in [2.24, 2.45) is 0 Å². The third-order valence-corrected chi connectivity index (χ3v) is 5.16. The van der Waals surface area contributed by atoms with Gasteiger partial charge in [0.05, 0.1) is 22.5 Å². The fourth-order valence-electron chi connectivity index (χ4n) is 2.75. The summed E-state index contributed by atoms with van der Waals surface area (Å²) in [5, 5.41) is 12.9. The van der Waals surface area contributed by atoms with Gasteiger partial charge in [-0.3, -0.25) is 0 Å². The van der Waals surface area contributed by atoms with E-state index >= 15 is 0 Å². The smallest absolute Gasteiger partial charge is 0.134 e. The lowest BCUT2D eigenvalue weighted by Crippen LogP contribution is -1.85. The molecule has 4 nitrogen and oxygen atoms in total. The monoisotopic (exact) mass is 376 g/mol. The lowest BCUT2D eigenvalue weighted by atomic mass is 10.2. The number of allylic oxidation sites excluding steroid dienone is 1. The second-order valence-corrected chi connectivity index (χ2v) is 7.01. The maximum atomic E-state index is 9.63. The normalized spacial score (nSPS) is 11.7. The van der Waals surface area contributed by atoms with Crippen LogP contribution >= 0.6 is 22.9 Å². The van der Waals surface area contributed by atoms with Gasteiger partial charge < -0.3 is 4.40 Å². The Morgan fingerprint density at radius 3 is 2.77 bits per heavy atom. The molecule has 0 aliphatic carbocycles. The van der Waals surface area contributed by atoms with Crippen LogP contribution in [0.2, 0.25) is 5.02 Å². The van der Waals surface area contributed by atoms with Gasteiger partial charge in [0.1, 0.15) is 16.9 Å². The van der Waals surface area contributed by atoms with Crippen LogP contribution in [0.5, 0.6) is 0 Å². The van der Waals surface area contributed by atoms with Gasteiger partial charge in [0.25, 0.3) is 0 Å². The number of fused-ring (bicyclic) bond motifs is 1. The number of benzene rings is 1. The zero-order valence-electron chi connectivity index (χ0n) is 13.8. The summed E-state index contributed by atoms with van der Waals surface area (Å²) in [6.45, 7) is 1.94. The number of imidazole rings is 1. The van der Waals surface area contributed by atoms with Gasteiger partial charge in [-0.05, 0) is 37.3 Å². The Hall–Kier alpha value is -2.94. The van der Waals surface area contributed by atoms with Gasteiger partial charge in [0, 0.05) is 22.2 Å². The first kappa shape index (κ1) is 16.5. The molecule has 126 valence electrons. The highest BCUT2D eigenvalue weighted by Gasteiger charge is 2.12. The van der Waals surface area contributed by atoms with E-state index in [4.69, 9.17) is 11.6 Å². The summed E-state index contributed by atoms with van der Waals surface area (Å²) in [7, 11) is 0. The summed E-state index contributed by atoms with van der Waals surface area (Å²) < 4.78 is 2.00. The number of hydrogen-bond donors (Lipinski definition) is 0. The standard InChI is InChI=1S/C20H13ClN4S/c1-13-23-17(19-4-2-3-9-25(13)19)10-15(11-22)20-24-18(12-26-20)14-5-7-16(21)8-6-14/h2-10,12H,1H3/b15-10+. The summed E-state index contributed by atoms with van der Waals surface area (Å²) in [6.07, 6.45) is 3.76. The first-order chi connectivity index (χ1) is 12.7. The minimum absolute atomic E-state index is 0.499. The second kappa shape index (κ2) is 6.75. The molecule has 0 bridgehead atoms. The Bertz CT molecular complexity index is 1160. The quantitative estimate of drug-likeness (QED) is 0.444. The molecule has 3 heterocycles. The minimum atomic E-state index is 0.499. The van der Waals surface area contributed by atoms with E-state index in [0.717, 1.165) is 28.3 Å². The molecule has 0 aliphatic heterocycles. The molecular formula is C20H13ClN4S. The van der Waals surface area contributed by atoms with E-state index in [0.29, 0.717) is 15.6 Å². The Labute approximate surface area is 159 Å². The molecule has 0 saturated heterocycles. The Balaban J connectivity index is 1.75. The number of nitrogens with zero attached hydrogens (tertiary/aromatic N) is 4. The van der Waals surface area contributed by atoms with Crippen LogP contribution in [0, 0.1) is 18.3 Å². The summed E-state index contributed by atoms with van der Waals surface area (Å²) in [5.74, 6) is 0.880. The lowest BCUT2D eigenvalue weighted by Gasteiger charge is -1.97. The minimum Gasteiger partial charge on any atom is -0.303 e. The highest BCUT2D eigenvalue weighted by Crippen LogP contribution is 2.28. The number of aromatic nitrogens is 3. The third-order valence-electron chi connectivity index (χ3n) is 4.03. The second-order valence-electron chi connectivity index (χ2n) is 5.71. The number of thiazole rings is 1. The molecule has 0 amide bonds. The fraction of sp³-hybridized carbons (Fsp3) is 0.0500. The molecule has 0 N–H and O–H groups in total. The number of aryl methyl sites for hydroxylation is 1. The molecule has 0 radical (unpaired) electrons. The van der Waals surface area contributed by atoms with Crippen molar-refractivity contribution in [1.82, 2.24) is 14.4 Å². The SMILES string of the molecule is Cc1nc(/C=C(\C#N)c2nc(-c3ccc(Cl)cc3)cs2)c2ccccn12. The van der Waals surface area contributed by atoms with E-state index < -0.39 is 0 Å². The van der Waals surface area contributed by atoms with Crippen molar-refractivity contribution in [1.29, 1.82) is 5.26 Å². The largest absolute Gasteiger partial charge is 0.303 e. The predicted molar refractivity (Wildman–Crippen MR) is 106 cm³/mol. The highest BCUT2D eigenvalue weighted by molar-refractivity contribution is 7.11. The summed E-state index contributed by atoms with van der Waals surface area (Å²) in [4.78, 5) is 9.19. The number of nitriles is 1. The first-order valence-electron chi connectivity index (χ1n) is 7.93. The molecule has 0 fully saturated rings. The average Bonchev–Trinajstić information content (AvgIpc) is 3.26. The van der Waals surface area contributed by atoms with Gasteiger partial charge in [-0.2, -0.15) is 5.26 Å². The summed E-state index contributed by atoms with van der Waals surface area (Å²) in [6, 6.07) is 15.7. The Kier molecular flexibility index (Phi) is 4.29. The van der Waals surface area contributed by atoms with Crippen LogP contribution in [-0.4, -0.2) is 14.4 Å². The van der Waals surface area contributed by atoms with Crippen molar-refractivity contribution in [2.45, 2.75) is 6.92 Å². The third kappa shape index (κ3) is 3.01. The van der Waals surface area contributed by atoms with Crippen LogP contribution in [0.3, 0.4) is 0 Å². The molecule has 4 rings (SSSR count). The van der Waals surface area contributed by atoms with Crippen molar-refractivity contribution < 1.29 is 0 Å². The summed E-state index contributed by atoms with van der Waals surface area (Å²) in [5.41, 5.74) is 4.03. The molecule has 0 saturated carbocycles. The van der Waals surface area contributed by atoms with Crippen molar-refractivity contribution in [2.75, 3.05) is 0 Å². The predicted octanol–water partition coefficient (Wildman–Crippen LogP) is 5.48. The van der Waals surface area contributed by atoms with Crippen molar-refractivity contribution >= 4 is 40.1 Å². The van der Waals surface area contributed by atoms with Crippen molar-refractivity contribution in [3.63, 3.8) is 0 Å². The van der Waals surface area contributed by atoms with Gasteiger partial charge in [0.2, 0.25) is 0 Å². The summed E-state index contributed by atoms with van der Waals surface area (Å²) >= 11 is 7.38. The van der Waals surface area contributed by atoms with E-state index in [2.05, 4.69) is 16.0 Å². The number of halogens is 1. The Morgan fingerprint density at radius 2 is 2.00 bits per heavy atom. The van der Waals surface area contributed by atoms with Gasteiger partial charge in [-0.25, -0.2) is 9.97 Å². The van der Waals surface area contributed by atoms with Gasteiger partial charge in [-0.1, -0.05) is 29.8 Å². The topological polar surface area (TPSA) is 54.0 Å². The average molecular weight is 377 g/mol. The van der Waals surface area contributed by atoms with E-state index in [1.807, 2.05) is 65.4 Å². The van der Waals surface area contributed by atoms with E-state index in [-0.39, 0.29) is 0 Å². The lowest BCUT2D eigenvalue weighted by molar-refractivity contribution is 1.04. The molecule has 6 heteroatoms. The zero-order chi connectivity index (χ0) is 18.1. The van der Waals surface area contributed by atoms with Crippen LogP contribution in [-0.2, 0) is 0 Å². The maximum Gasteiger partial charge on any atom is 0.134 e. The van der Waals surface area contributed by atoms with Gasteiger partial charge in [-0.15, -0.1) is 11.3 Å². The van der Waals surface area contributed by atoms with Crippen LogP contribution < -0.4 is 0 Å². The highest BCUT2D eigenvalue weighted by atomic mass is 35.5. The number of pyridine rings is 1. The first-order valence-corrected chi connectivity index (χ1v) is 9.19. The number of hydrogen-bond acceptors (Lipinski definition) is 4. The molecule has 4 aromatic rings. The Morgan fingerprint density at radius 1 is 1.19 bits per heavy atom. The molecule has 1 aromatic carbocycles. The van der Waals surface area contributed by atoms with Gasteiger partial charge >= 0.3 is 0 Å². The maximum absolute atomic E-state index is 9.63. The number of rotatable bonds is 3. The molecule has 26 heavy (non-hydrogen) atoms. The molecular weight excluding hydrogens is 364 g/mol. The van der Waals surface area contributed by atoms with Crippen molar-refractivity contribution in [3.05, 3.63) is 75.6 Å². The zero-order valence-corrected chi connectivity index (χ0v) is 15.4. The van der Waals surface area contributed by atoms with Crippen LogP contribution in [0.25, 0.3) is 28.4 Å². The molecule has 0 atom stereocenters. The van der Waals surface area contributed by atoms with E-state index in [1.165, 1.54) is 11.3 Å². The molecule has 0 spiro atoms.